The summed E-state index contributed by atoms with van der Waals surface area (Å²) in [5, 5.41) is 13.3. The molecule has 188 valence electrons. The van der Waals surface area contributed by atoms with Gasteiger partial charge >= 0.3 is 5.97 Å². The van der Waals surface area contributed by atoms with Crippen LogP contribution in [-0.2, 0) is 9.53 Å². The summed E-state index contributed by atoms with van der Waals surface area (Å²) >= 11 is 0. The molecule has 0 aliphatic heterocycles. The molecule has 2 rings (SSSR count). The van der Waals surface area contributed by atoms with E-state index in [1.54, 1.807) is 5.06 Å². The number of carbonyl (C=O) groups is 1. The minimum Gasteiger partial charge on any atom is -0.466 e. The van der Waals surface area contributed by atoms with E-state index in [1.807, 2.05) is 6.92 Å². The van der Waals surface area contributed by atoms with Crippen LogP contribution in [0.15, 0.2) is 12.1 Å². The number of esters is 1. The van der Waals surface area contributed by atoms with Gasteiger partial charge in [0, 0.05) is 12.5 Å². The molecule has 0 heterocycles. The van der Waals surface area contributed by atoms with Crippen LogP contribution in [0.3, 0.4) is 0 Å². The van der Waals surface area contributed by atoms with Crippen molar-refractivity contribution in [1.82, 2.24) is 5.06 Å². The zero-order chi connectivity index (χ0) is 24.7. The minimum atomic E-state index is -0.161. The standard InChI is InChI=1S/C29H49NO3/c1-9-33-28(31)16-15-27(23-13-11-10-12-14-23)30(32)22(8)29-25(20(4)5)17-24(19(2)3)18-26(29)21(6)7/h17-23,27,32H,9-16H2,1-8H3. The fourth-order valence-corrected chi connectivity index (χ4v) is 5.52. The molecule has 1 N–H and O–H groups in total. The third-order valence-corrected chi connectivity index (χ3v) is 7.47. The van der Waals surface area contributed by atoms with E-state index in [-0.39, 0.29) is 18.1 Å². The average molecular weight is 460 g/mol. The van der Waals surface area contributed by atoms with Crippen LogP contribution in [0, 0.1) is 5.92 Å². The van der Waals surface area contributed by atoms with E-state index < -0.39 is 0 Å². The van der Waals surface area contributed by atoms with Gasteiger partial charge in [0.1, 0.15) is 0 Å². The highest BCUT2D eigenvalue weighted by Crippen LogP contribution is 2.40. The van der Waals surface area contributed by atoms with Crippen LogP contribution in [0.25, 0.3) is 0 Å². The molecule has 33 heavy (non-hydrogen) atoms. The monoisotopic (exact) mass is 459 g/mol. The van der Waals surface area contributed by atoms with E-state index in [2.05, 4.69) is 60.6 Å². The van der Waals surface area contributed by atoms with Crippen LogP contribution in [0.2, 0.25) is 0 Å². The third kappa shape index (κ3) is 7.29. The Morgan fingerprint density at radius 3 is 1.97 bits per heavy atom. The first-order valence-corrected chi connectivity index (χ1v) is 13.4. The molecule has 4 heteroatoms. The first kappa shape index (κ1) is 27.9. The highest BCUT2D eigenvalue weighted by atomic mass is 16.5. The third-order valence-electron chi connectivity index (χ3n) is 7.47. The quantitative estimate of drug-likeness (QED) is 0.268. The number of carbonyl (C=O) groups excluding carboxylic acids is 1. The van der Waals surface area contributed by atoms with Crippen molar-refractivity contribution in [2.24, 2.45) is 5.92 Å². The van der Waals surface area contributed by atoms with Crippen molar-refractivity contribution in [3.05, 3.63) is 34.4 Å². The Morgan fingerprint density at radius 2 is 1.52 bits per heavy atom. The zero-order valence-electron chi connectivity index (χ0n) is 22.5. The highest BCUT2D eigenvalue weighted by molar-refractivity contribution is 5.69. The van der Waals surface area contributed by atoms with Gasteiger partial charge in [0.05, 0.1) is 12.6 Å². The van der Waals surface area contributed by atoms with Gasteiger partial charge in [-0.15, -0.1) is 0 Å². The number of hydroxylamine groups is 2. The topological polar surface area (TPSA) is 49.8 Å². The lowest BCUT2D eigenvalue weighted by molar-refractivity contribution is -0.178. The van der Waals surface area contributed by atoms with Crippen LogP contribution in [0.5, 0.6) is 0 Å². The van der Waals surface area contributed by atoms with E-state index in [9.17, 15) is 10.0 Å². The predicted octanol–water partition coefficient (Wildman–Crippen LogP) is 8.10. The average Bonchev–Trinajstić information content (AvgIpc) is 2.78. The molecular formula is C29H49NO3. The van der Waals surface area contributed by atoms with Gasteiger partial charge in [-0.25, -0.2) is 0 Å². The number of nitrogens with zero attached hydrogens (tertiary/aromatic N) is 1. The molecule has 1 saturated carbocycles. The number of benzene rings is 1. The van der Waals surface area contributed by atoms with Crippen molar-refractivity contribution in [1.29, 1.82) is 0 Å². The second-order valence-electron chi connectivity index (χ2n) is 10.9. The molecule has 2 unspecified atom stereocenters. The smallest absolute Gasteiger partial charge is 0.305 e. The Hall–Kier alpha value is -1.39. The van der Waals surface area contributed by atoms with Crippen LogP contribution in [-0.4, -0.2) is 28.9 Å². The fraction of sp³-hybridized carbons (Fsp3) is 0.759. The largest absolute Gasteiger partial charge is 0.466 e. The molecule has 4 nitrogen and oxygen atoms in total. The maximum Gasteiger partial charge on any atom is 0.305 e. The first-order valence-electron chi connectivity index (χ1n) is 13.4. The van der Waals surface area contributed by atoms with Crippen molar-refractivity contribution < 1.29 is 14.7 Å². The van der Waals surface area contributed by atoms with Crippen LogP contribution in [0.1, 0.15) is 146 Å². The number of hydrogen-bond acceptors (Lipinski definition) is 4. The molecule has 0 spiro atoms. The molecule has 1 fully saturated rings. The summed E-state index contributed by atoms with van der Waals surface area (Å²) in [6.07, 6.45) is 6.94. The maximum absolute atomic E-state index is 12.2. The van der Waals surface area contributed by atoms with E-state index in [4.69, 9.17) is 4.74 Å². The number of rotatable bonds is 11. The molecule has 1 aromatic rings. The normalized spacial score (nSPS) is 17.2. The molecule has 2 atom stereocenters. The highest BCUT2D eigenvalue weighted by Gasteiger charge is 2.34. The van der Waals surface area contributed by atoms with Crippen LogP contribution >= 0.6 is 0 Å². The molecule has 0 amide bonds. The minimum absolute atomic E-state index is 0.0329. The van der Waals surface area contributed by atoms with E-state index >= 15 is 0 Å². The van der Waals surface area contributed by atoms with Crippen LogP contribution in [0.4, 0.5) is 0 Å². The first-order chi connectivity index (χ1) is 15.6. The fourth-order valence-electron chi connectivity index (χ4n) is 5.52. The second kappa shape index (κ2) is 12.9. The Balaban J connectivity index is 2.45. The molecule has 1 aliphatic rings. The van der Waals surface area contributed by atoms with Crippen molar-refractivity contribution in [3.63, 3.8) is 0 Å². The number of hydrogen-bond donors (Lipinski definition) is 1. The molecule has 1 aromatic carbocycles. The van der Waals surface area contributed by atoms with Gasteiger partial charge in [0.15, 0.2) is 0 Å². The summed E-state index contributed by atoms with van der Waals surface area (Å²) in [7, 11) is 0. The lowest BCUT2D eigenvalue weighted by Crippen LogP contribution is -2.42. The van der Waals surface area contributed by atoms with Gasteiger partial charge in [0.2, 0.25) is 0 Å². The SMILES string of the molecule is CCOC(=O)CCC(C1CCCCC1)N(O)C(C)c1c(C(C)C)cc(C(C)C)cc1C(C)C. The molecule has 0 saturated heterocycles. The van der Waals surface area contributed by atoms with E-state index in [0.717, 1.165) is 12.8 Å². The molecule has 1 aliphatic carbocycles. The zero-order valence-corrected chi connectivity index (χ0v) is 22.5. The van der Waals surface area contributed by atoms with Gasteiger partial charge < -0.3 is 9.94 Å². The second-order valence-corrected chi connectivity index (χ2v) is 10.9. The van der Waals surface area contributed by atoms with Crippen molar-refractivity contribution in [2.45, 2.75) is 130 Å². The summed E-state index contributed by atoms with van der Waals surface area (Å²) in [4.78, 5) is 12.2. The summed E-state index contributed by atoms with van der Waals surface area (Å²) in [6.45, 7) is 17.9. The molecule has 0 aromatic heterocycles. The Morgan fingerprint density at radius 1 is 0.970 bits per heavy atom. The van der Waals surface area contributed by atoms with Gasteiger partial charge in [-0.1, -0.05) is 72.9 Å². The Bertz CT molecular complexity index is 720. The van der Waals surface area contributed by atoms with Crippen molar-refractivity contribution in [2.75, 3.05) is 6.61 Å². The van der Waals surface area contributed by atoms with Gasteiger partial charge in [-0.2, -0.15) is 5.06 Å². The van der Waals surface area contributed by atoms with Gasteiger partial charge in [-0.05, 0) is 79.0 Å². The van der Waals surface area contributed by atoms with Gasteiger partial charge in [0.25, 0.3) is 0 Å². The summed E-state index contributed by atoms with van der Waals surface area (Å²) in [5.41, 5.74) is 5.31. The summed E-state index contributed by atoms with van der Waals surface area (Å²) in [6, 6.07) is 4.55. The number of ether oxygens (including phenoxy) is 1. The summed E-state index contributed by atoms with van der Waals surface area (Å²) in [5.74, 6) is 1.47. The lowest BCUT2D eigenvalue weighted by atomic mass is 9.79. The predicted molar refractivity (Wildman–Crippen MR) is 137 cm³/mol. The van der Waals surface area contributed by atoms with E-state index in [1.165, 1.54) is 41.5 Å². The Kier molecular flexibility index (Phi) is 10.9. The molecule has 0 bridgehead atoms. The summed E-state index contributed by atoms with van der Waals surface area (Å²) < 4.78 is 5.20. The van der Waals surface area contributed by atoms with Crippen LogP contribution < -0.4 is 0 Å². The molecular weight excluding hydrogens is 410 g/mol. The van der Waals surface area contributed by atoms with Gasteiger partial charge in [-0.3, -0.25) is 4.79 Å². The van der Waals surface area contributed by atoms with Crippen molar-refractivity contribution >= 4 is 5.97 Å². The maximum atomic E-state index is 12.2. The lowest BCUT2D eigenvalue weighted by Gasteiger charge is -2.40. The van der Waals surface area contributed by atoms with E-state index in [0.29, 0.717) is 43.1 Å². The Labute approximate surface area is 203 Å². The van der Waals surface area contributed by atoms with Crippen molar-refractivity contribution in [3.8, 4) is 0 Å². The molecule has 0 radical (unpaired) electrons.